The molecule has 3 rings (SSSR count). The van der Waals surface area contributed by atoms with Crippen LogP contribution in [-0.4, -0.2) is 62.7 Å². The van der Waals surface area contributed by atoms with Gasteiger partial charge < -0.3 is 24.4 Å². The molecule has 0 saturated heterocycles. The molecule has 2 N–H and O–H groups in total. The van der Waals surface area contributed by atoms with Gasteiger partial charge in [-0.05, 0) is 81.5 Å². The van der Waals surface area contributed by atoms with Crippen LogP contribution in [0, 0.1) is 0 Å². The number of benzene rings is 2. The van der Waals surface area contributed by atoms with E-state index in [4.69, 9.17) is 14.2 Å². The number of carbonyl (C=O) groups excluding carboxylic acids is 3. The first-order chi connectivity index (χ1) is 20.2. The van der Waals surface area contributed by atoms with E-state index in [0.717, 1.165) is 17.3 Å². The average Bonchev–Trinajstić information content (AvgIpc) is 3.77. The van der Waals surface area contributed by atoms with Crippen molar-refractivity contribution in [1.29, 1.82) is 0 Å². The smallest absolute Gasteiger partial charge is 0.411 e. The normalized spacial score (nSPS) is 13.9. The van der Waals surface area contributed by atoms with Gasteiger partial charge in [-0.2, -0.15) is 0 Å². The van der Waals surface area contributed by atoms with E-state index < -0.39 is 45.0 Å². The minimum atomic E-state index is -3.60. The number of ether oxygens (including phenoxy) is 3. The van der Waals surface area contributed by atoms with Crippen LogP contribution >= 0.6 is 15.9 Å². The zero-order chi connectivity index (χ0) is 31.8. The van der Waals surface area contributed by atoms with E-state index in [1.54, 1.807) is 45.0 Å². The maximum absolute atomic E-state index is 13.1. The van der Waals surface area contributed by atoms with Crippen molar-refractivity contribution in [2.75, 3.05) is 25.6 Å². The van der Waals surface area contributed by atoms with Crippen LogP contribution in [0.2, 0.25) is 0 Å². The minimum absolute atomic E-state index is 0.0591. The number of halogens is 1. The summed E-state index contributed by atoms with van der Waals surface area (Å²) in [4.78, 5) is 39.1. The number of hydrogen-bond acceptors (Lipinski definition) is 8. The van der Waals surface area contributed by atoms with E-state index in [0.29, 0.717) is 24.0 Å². The lowest BCUT2D eigenvalue weighted by atomic mass is 10.1. The van der Waals surface area contributed by atoms with Crippen molar-refractivity contribution in [3.05, 3.63) is 58.1 Å². The molecule has 1 aliphatic rings. The molecule has 43 heavy (non-hydrogen) atoms. The number of hydrogen-bond donors (Lipinski definition) is 2. The third-order valence-corrected chi connectivity index (χ3v) is 9.25. The first kappa shape index (κ1) is 34.2. The molecule has 0 bridgehead atoms. The van der Waals surface area contributed by atoms with E-state index in [1.165, 1.54) is 30.1 Å². The Bertz CT molecular complexity index is 1390. The van der Waals surface area contributed by atoms with Crippen molar-refractivity contribution in [3.63, 3.8) is 0 Å². The lowest BCUT2D eigenvalue weighted by molar-refractivity contribution is 0.0283. The quantitative estimate of drug-likeness (QED) is 0.189. The van der Waals surface area contributed by atoms with Gasteiger partial charge in [0, 0.05) is 17.2 Å². The molecule has 13 heteroatoms. The zero-order valence-electron chi connectivity index (χ0n) is 25.1. The van der Waals surface area contributed by atoms with Crippen LogP contribution in [-0.2, 0) is 30.6 Å². The summed E-state index contributed by atoms with van der Waals surface area (Å²) in [6.07, 6.45) is 0.708. The average molecular weight is 683 g/mol. The van der Waals surface area contributed by atoms with Gasteiger partial charge in [-0.1, -0.05) is 41.4 Å². The number of anilines is 1. The predicted molar refractivity (Wildman–Crippen MR) is 166 cm³/mol. The summed E-state index contributed by atoms with van der Waals surface area (Å²) in [5.74, 6) is 0. The van der Waals surface area contributed by atoms with Gasteiger partial charge in [-0.25, -0.2) is 22.8 Å². The maximum atomic E-state index is 13.1. The summed E-state index contributed by atoms with van der Waals surface area (Å²) in [7, 11) is -2.09. The summed E-state index contributed by atoms with van der Waals surface area (Å²) in [6, 6.07) is 10.9. The summed E-state index contributed by atoms with van der Waals surface area (Å²) in [5, 5.41) is 4.89. The highest BCUT2D eigenvalue weighted by Gasteiger charge is 2.38. The molecule has 2 aromatic carbocycles. The largest absolute Gasteiger partial charge is 0.450 e. The predicted octanol–water partition coefficient (Wildman–Crippen LogP) is 6.57. The molecule has 1 saturated carbocycles. The van der Waals surface area contributed by atoms with Crippen molar-refractivity contribution >= 4 is 49.7 Å². The Balaban J connectivity index is 1.74. The maximum Gasteiger partial charge on any atom is 0.411 e. The van der Waals surface area contributed by atoms with Gasteiger partial charge >= 0.3 is 18.3 Å². The molecule has 0 heterocycles. The monoisotopic (exact) mass is 681 g/mol. The number of nitrogens with one attached hydrogen (secondary N) is 2. The van der Waals surface area contributed by atoms with Crippen molar-refractivity contribution in [2.24, 2.45) is 0 Å². The van der Waals surface area contributed by atoms with E-state index in [-0.39, 0.29) is 30.3 Å². The van der Waals surface area contributed by atoms with Crippen LogP contribution in [0.3, 0.4) is 0 Å². The zero-order valence-corrected chi connectivity index (χ0v) is 27.5. The molecule has 236 valence electrons. The van der Waals surface area contributed by atoms with E-state index in [2.05, 4.69) is 26.6 Å². The number of alkyl carbamates (subject to hydrolysis) is 1. The van der Waals surface area contributed by atoms with Gasteiger partial charge in [0.15, 0.2) is 9.84 Å². The number of unbranched alkanes of at least 4 members (excludes halogenated alkanes) is 1. The second-order valence-corrected chi connectivity index (χ2v) is 14.5. The Labute approximate surface area is 261 Å². The Morgan fingerprint density at radius 2 is 1.72 bits per heavy atom. The first-order valence-electron chi connectivity index (χ1n) is 14.1. The van der Waals surface area contributed by atoms with Crippen LogP contribution in [0.25, 0.3) is 0 Å². The molecule has 0 aliphatic heterocycles. The lowest BCUT2D eigenvalue weighted by Crippen LogP contribution is -2.34. The molecule has 0 radical (unpaired) electrons. The molecule has 1 fully saturated rings. The van der Waals surface area contributed by atoms with Gasteiger partial charge in [0.25, 0.3) is 0 Å². The van der Waals surface area contributed by atoms with Crippen molar-refractivity contribution in [2.45, 2.75) is 81.7 Å². The fourth-order valence-electron chi connectivity index (χ4n) is 4.00. The molecular formula is C30H40BrN3O8S. The highest BCUT2D eigenvalue weighted by Crippen LogP contribution is 2.36. The van der Waals surface area contributed by atoms with Gasteiger partial charge in [0.1, 0.15) is 12.2 Å². The molecule has 3 amide bonds. The Morgan fingerprint density at radius 1 is 1.05 bits per heavy atom. The van der Waals surface area contributed by atoms with Crippen LogP contribution in [0.1, 0.15) is 70.5 Å². The van der Waals surface area contributed by atoms with Crippen LogP contribution in [0.5, 0.6) is 0 Å². The third kappa shape index (κ3) is 10.7. The fraction of sp³-hybridized carbons (Fsp3) is 0.500. The molecule has 0 unspecified atom stereocenters. The molecular weight excluding hydrogens is 642 g/mol. The molecule has 2 aromatic rings. The molecule has 1 aliphatic carbocycles. The molecule has 1 atom stereocenters. The van der Waals surface area contributed by atoms with Crippen molar-refractivity contribution < 1.29 is 37.0 Å². The fourth-order valence-corrected chi connectivity index (χ4v) is 6.13. The summed E-state index contributed by atoms with van der Waals surface area (Å²) in [5.41, 5.74) is 0.587. The van der Waals surface area contributed by atoms with Crippen LogP contribution < -0.4 is 10.6 Å². The number of amides is 3. The Morgan fingerprint density at radius 3 is 2.33 bits per heavy atom. The Hall–Kier alpha value is -3.32. The summed E-state index contributed by atoms with van der Waals surface area (Å²) >= 11 is 3.38. The first-order valence-corrected chi connectivity index (χ1v) is 16.5. The van der Waals surface area contributed by atoms with Gasteiger partial charge in [-0.15, -0.1) is 0 Å². The standard InChI is InChI=1S/C30H40BrN3O8S/c1-6-7-16-40-28(36)33-25(20-8-10-22(31)11-9-20)19-41-27(35)32-23-12-15-26(43(38,39)24-13-14-24)21(17-23)18-34(5)29(37)42-30(2,3)4/h8-12,15,17,24-25H,6-7,13-14,16,18-19H2,1-5H3,(H,32,35)(H,33,36)/t25-/m0/s1. The molecule has 11 nitrogen and oxygen atoms in total. The minimum Gasteiger partial charge on any atom is -0.450 e. The van der Waals surface area contributed by atoms with E-state index >= 15 is 0 Å². The number of sulfone groups is 1. The van der Waals surface area contributed by atoms with Gasteiger partial charge in [0.2, 0.25) is 0 Å². The summed E-state index contributed by atoms with van der Waals surface area (Å²) < 4.78 is 43.2. The highest BCUT2D eigenvalue weighted by molar-refractivity contribution is 9.10. The van der Waals surface area contributed by atoms with Crippen molar-refractivity contribution in [1.82, 2.24) is 10.2 Å². The van der Waals surface area contributed by atoms with Gasteiger partial charge in [0.05, 0.1) is 29.3 Å². The van der Waals surface area contributed by atoms with Crippen LogP contribution in [0.4, 0.5) is 20.1 Å². The van der Waals surface area contributed by atoms with Crippen molar-refractivity contribution in [3.8, 4) is 0 Å². The molecule has 0 aromatic heterocycles. The van der Waals surface area contributed by atoms with Crippen LogP contribution in [0.15, 0.2) is 51.8 Å². The Kier molecular flexibility index (Phi) is 11.9. The second-order valence-electron chi connectivity index (χ2n) is 11.4. The number of rotatable bonds is 12. The van der Waals surface area contributed by atoms with Gasteiger partial charge in [-0.3, -0.25) is 5.32 Å². The third-order valence-electron chi connectivity index (χ3n) is 6.37. The lowest BCUT2D eigenvalue weighted by Gasteiger charge is -2.25. The number of carbonyl (C=O) groups is 3. The second kappa shape index (κ2) is 14.9. The summed E-state index contributed by atoms with van der Waals surface area (Å²) in [6.45, 7) is 7.22. The number of nitrogens with zero attached hydrogens (tertiary/aromatic N) is 1. The van der Waals surface area contributed by atoms with E-state index in [1.807, 2.05) is 6.92 Å². The highest BCUT2D eigenvalue weighted by atomic mass is 79.9. The van der Waals surface area contributed by atoms with E-state index in [9.17, 15) is 22.8 Å². The SMILES string of the molecule is CCCCOC(=O)N[C@@H](COC(=O)Nc1ccc(S(=O)(=O)C2CC2)c(CN(C)C(=O)OC(C)(C)C)c1)c1ccc(Br)cc1. The topological polar surface area (TPSA) is 140 Å². The molecule has 0 spiro atoms.